The Hall–Kier alpha value is -3.11. The van der Waals surface area contributed by atoms with E-state index in [0.29, 0.717) is 25.2 Å². The molecule has 0 spiro atoms. The van der Waals surface area contributed by atoms with Crippen molar-refractivity contribution in [1.82, 2.24) is 0 Å². The van der Waals surface area contributed by atoms with Crippen molar-refractivity contribution in [2.24, 2.45) is 0 Å². The molecule has 0 atom stereocenters. The van der Waals surface area contributed by atoms with Crippen LogP contribution in [0.2, 0.25) is 0 Å². The molecule has 0 saturated heterocycles. The zero-order chi connectivity index (χ0) is 19.7. The SMILES string of the molecule is C=CC(=O)OCCCCO.Oc1ccc(C=CC=Cc2ccccc2)cc1. The summed E-state index contributed by atoms with van der Waals surface area (Å²) in [6, 6.07) is 17.3. The smallest absolute Gasteiger partial charge is 0.330 e. The van der Waals surface area contributed by atoms with E-state index in [0.717, 1.165) is 11.6 Å². The predicted molar refractivity (Wildman–Crippen MR) is 110 cm³/mol. The average Bonchev–Trinajstić information content (AvgIpc) is 2.71. The van der Waals surface area contributed by atoms with E-state index in [1.807, 2.05) is 48.6 Å². The van der Waals surface area contributed by atoms with E-state index in [1.165, 1.54) is 5.56 Å². The van der Waals surface area contributed by atoms with Crippen LogP contribution in [0.5, 0.6) is 5.75 Å². The van der Waals surface area contributed by atoms with Crippen molar-refractivity contribution in [2.45, 2.75) is 12.8 Å². The molecule has 0 bridgehead atoms. The lowest BCUT2D eigenvalue weighted by Crippen LogP contribution is -2.02. The second-order valence-corrected chi connectivity index (χ2v) is 5.52. The van der Waals surface area contributed by atoms with Crippen molar-refractivity contribution >= 4 is 18.1 Å². The molecule has 0 aliphatic rings. The molecule has 2 aromatic carbocycles. The minimum Gasteiger partial charge on any atom is -0.508 e. The lowest BCUT2D eigenvalue weighted by molar-refractivity contribution is -0.137. The van der Waals surface area contributed by atoms with Gasteiger partial charge in [-0.05, 0) is 36.1 Å². The molecule has 2 rings (SSSR count). The summed E-state index contributed by atoms with van der Waals surface area (Å²) in [5.41, 5.74) is 2.25. The highest BCUT2D eigenvalue weighted by Gasteiger charge is 1.93. The number of aliphatic hydroxyl groups is 1. The number of ether oxygens (including phenoxy) is 1. The summed E-state index contributed by atoms with van der Waals surface area (Å²) < 4.78 is 4.63. The summed E-state index contributed by atoms with van der Waals surface area (Å²) in [5.74, 6) is -0.111. The van der Waals surface area contributed by atoms with Crippen molar-refractivity contribution in [1.29, 1.82) is 0 Å². The quantitative estimate of drug-likeness (QED) is 0.310. The number of aromatic hydroxyl groups is 1. The van der Waals surface area contributed by atoms with Crippen molar-refractivity contribution in [2.75, 3.05) is 13.2 Å². The Morgan fingerprint density at radius 1 is 0.926 bits per heavy atom. The van der Waals surface area contributed by atoms with Crippen molar-refractivity contribution < 1.29 is 19.7 Å². The standard InChI is InChI=1S/C16H14O.C7H12O3/c17-16-12-10-15(11-13-16)9-5-4-8-14-6-2-1-3-7-14;1-2-7(9)10-6-4-3-5-8/h1-13,17H;2,8H,1,3-6H2. The van der Waals surface area contributed by atoms with Gasteiger partial charge >= 0.3 is 5.97 Å². The normalized spacial score (nSPS) is 10.4. The van der Waals surface area contributed by atoms with Gasteiger partial charge < -0.3 is 14.9 Å². The summed E-state index contributed by atoms with van der Waals surface area (Å²) in [6.45, 7) is 3.75. The monoisotopic (exact) mass is 366 g/mol. The third-order valence-corrected chi connectivity index (χ3v) is 3.34. The van der Waals surface area contributed by atoms with Crippen LogP contribution in [0.3, 0.4) is 0 Å². The van der Waals surface area contributed by atoms with E-state index in [-0.39, 0.29) is 6.61 Å². The molecule has 0 heterocycles. The predicted octanol–water partition coefficient (Wildman–Crippen LogP) is 4.61. The first-order valence-corrected chi connectivity index (χ1v) is 8.74. The number of carbonyl (C=O) groups is 1. The zero-order valence-electron chi connectivity index (χ0n) is 15.3. The second kappa shape index (κ2) is 14.1. The average molecular weight is 366 g/mol. The third-order valence-electron chi connectivity index (χ3n) is 3.34. The van der Waals surface area contributed by atoms with Crippen LogP contribution in [-0.2, 0) is 9.53 Å². The van der Waals surface area contributed by atoms with Crippen LogP contribution in [-0.4, -0.2) is 29.4 Å². The number of hydrogen-bond acceptors (Lipinski definition) is 4. The molecule has 0 amide bonds. The summed E-state index contributed by atoms with van der Waals surface area (Å²) in [6.07, 6.45) is 10.5. The van der Waals surface area contributed by atoms with Gasteiger partial charge in [-0.1, -0.05) is 73.3 Å². The summed E-state index contributed by atoms with van der Waals surface area (Å²) in [7, 11) is 0. The van der Waals surface area contributed by atoms with Crippen molar-refractivity contribution in [3.05, 3.63) is 90.5 Å². The Labute approximate surface area is 160 Å². The van der Waals surface area contributed by atoms with Crippen LogP contribution in [0.1, 0.15) is 24.0 Å². The molecule has 0 radical (unpaired) electrons. The maximum atomic E-state index is 10.4. The van der Waals surface area contributed by atoms with Crippen molar-refractivity contribution in [3.63, 3.8) is 0 Å². The number of benzene rings is 2. The van der Waals surface area contributed by atoms with Gasteiger partial charge in [0.2, 0.25) is 0 Å². The Balaban J connectivity index is 0.000000314. The lowest BCUT2D eigenvalue weighted by Gasteiger charge is -1.98. The minimum absolute atomic E-state index is 0.144. The number of unbranched alkanes of at least 4 members (excludes halogenated alkanes) is 1. The molecule has 2 aromatic rings. The molecular weight excluding hydrogens is 340 g/mol. The van der Waals surface area contributed by atoms with E-state index < -0.39 is 5.97 Å². The number of rotatable bonds is 8. The van der Waals surface area contributed by atoms with Crippen LogP contribution >= 0.6 is 0 Å². The fraction of sp³-hybridized carbons (Fsp3) is 0.174. The molecule has 27 heavy (non-hydrogen) atoms. The zero-order valence-corrected chi connectivity index (χ0v) is 15.3. The van der Waals surface area contributed by atoms with Gasteiger partial charge in [0.05, 0.1) is 6.61 Å². The van der Waals surface area contributed by atoms with Crippen LogP contribution in [0, 0.1) is 0 Å². The number of esters is 1. The van der Waals surface area contributed by atoms with E-state index in [4.69, 9.17) is 10.2 Å². The number of carbonyl (C=O) groups excluding carboxylic acids is 1. The molecule has 4 heteroatoms. The number of aliphatic hydroxyl groups excluding tert-OH is 1. The summed E-state index contributed by atoms with van der Waals surface area (Å²) in [4.78, 5) is 10.4. The van der Waals surface area contributed by atoms with E-state index in [9.17, 15) is 4.79 Å². The molecule has 0 fully saturated rings. The van der Waals surface area contributed by atoms with E-state index >= 15 is 0 Å². The second-order valence-electron chi connectivity index (χ2n) is 5.52. The number of phenolic OH excluding ortho intramolecular Hbond substituents is 1. The number of allylic oxidation sites excluding steroid dienone is 2. The maximum Gasteiger partial charge on any atom is 0.330 e. The van der Waals surface area contributed by atoms with Gasteiger partial charge in [-0.15, -0.1) is 0 Å². The molecule has 0 aromatic heterocycles. The Morgan fingerprint density at radius 2 is 1.52 bits per heavy atom. The van der Waals surface area contributed by atoms with Crippen molar-refractivity contribution in [3.8, 4) is 5.75 Å². The first-order chi connectivity index (χ1) is 13.2. The first-order valence-electron chi connectivity index (χ1n) is 8.74. The third kappa shape index (κ3) is 11.2. The van der Waals surface area contributed by atoms with Crippen LogP contribution in [0.4, 0.5) is 0 Å². The van der Waals surface area contributed by atoms with Crippen LogP contribution < -0.4 is 0 Å². The van der Waals surface area contributed by atoms with E-state index in [2.05, 4.69) is 29.5 Å². The fourth-order valence-electron chi connectivity index (χ4n) is 1.93. The Bertz CT molecular complexity index is 716. The van der Waals surface area contributed by atoms with Gasteiger partial charge in [-0.3, -0.25) is 0 Å². The molecule has 0 saturated carbocycles. The summed E-state index contributed by atoms with van der Waals surface area (Å²) >= 11 is 0. The highest BCUT2D eigenvalue weighted by Crippen LogP contribution is 2.11. The number of phenols is 1. The molecule has 142 valence electrons. The largest absolute Gasteiger partial charge is 0.508 e. The van der Waals surface area contributed by atoms with Gasteiger partial charge in [0.15, 0.2) is 0 Å². The topological polar surface area (TPSA) is 66.8 Å². The fourth-order valence-corrected chi connectivity index (χ4v) is 1.93. The van der Waals surface area contributed by atoms with E-state index in [1.54, 1.807) is 12.1 Å². The Kier molecular flexibility index (Phi) is 11.5. The molecular formula is C23H26O4. The lowest BCUT2D eigenvalue weighted by atomic mass is 10.2. The molecule has 0 aliphatic carbocycles. The minimum atomic E-state index is -0.405. The number of hydrogen-bond donors (Lipinski definition) is 2. The Morgan fingerprint density at radius 3 is 2.07 bits per heavy atom. The highest BCUT2D eigenvalue weighted by molar-refractivity contribution is 5.81. The first kappa shape index (κ1) is 21.9. The van der Waals surface area contributed by atoms with Gasteiger partial charge in [0.1, 0.15) is 5.75 Å². The van der Waals surface area contributed by atoms with Gasteiger partial charge in [-0.25, -0.2) is 4.79 Å². The maximum absolute atomic E-state index is 10.4. The highest BCUT2D eigenvalue weighted by atomic mass is 16.5. The van der Waals surface area contributed by atoms with Crippen LogP contribution in [0.15, 0.2) is 79.4 Å². The molecule has 0 unspecified atom stereocenters. The molecule has 0 aliphatic heterocycles. The summed E-state index contributed by atoms with van der Waals surface area (Å²) in [5, 5.41) is 17.5. The van der Waals surface area contributed by atoms with Gasteiger partial charge in [0.25, 0.3) is 0 Å². The molecule has 4 nitrogen and oxygen atoms in total. The molecule has 2 N–H and O–H groups in total. The van der Waals surface area contributed by atoms with Gasteiger partial charge in [-0.2, -0.15) is 0 Å². The van der Waals surface area contributed by atoms with Crippen LogP contribution in [0.25, 0.3) is 12.2 Å². The van der Waals surface area contributed by atoms with Gasteiger partial charge in [0, 0.05) is 12.7 Å².